The summed E-state index contributed by atoms with van der Waals surface area (Å²) in [5, 5.41) is 3.76. The Morgan fingerprint density at radius 1 is 1.09 bits per heavy atom. The normalized spacial score (nSPS) is 34.7. The Hall–Kier alpha value is -2.04. The molecule has 4 fully saturated rings. The highest BCUT2D eigenvalue weighted by Crippen LogP contribution is 2.54. The van der Waals surface area contributed by atoms with Gasteiger partial charge in [-0.2, -0.15) is 5.10 Å². The number of carbonyl (C=O) groups is 1. The van der Waals surface area contributed by atoms with E-state index in [1.165, 1.54) is 32.1 Å². The minimum atomic E-state index is -0.664. The summed E-state index contributed by atoms with van der Waals surface area (Å²) in [5.74, 6) is 4.38. The van der Waals surface area contributed by atoms with Crippen LogP contribution in [-0.4, -0.2) is 18.3 Å². The maximum Gasteiger partial charge on any atom is 0.332 e. The molecule has 122 valence electrons. The van der Waals surface area contributed by atoms with E-state index in [1.54, 1.807) is 6.21 Å². The van der Waals surface area contributed by atoms with Gasteiger partial charge in [0.1, 0.15) is 11.9 Å². The number of nitrogens with one attached hydrogen (secondary N) is 1. The third kappa shape index (κ3) is 3.05. The molecule has 3 N–H and O–H groups in total. The van der Waals surface area contributed by atoms with Gasteiger partial charge in [-0.1, -0.05) is 0 Å². The van der Waals surface area contributed by atoms with E-state index in [0.717, 1.165) is 35.0 Å². The van der Waals surface area contributed by atoms with E-state index in [4.69, 9.17) is 10.5 Å². The summed E-state index contributed by atoms with van der Waals surface area (Å²) in [6, 6.07) is 7.19. The molecule has 0 radical (unpaired) electrons. The molecule has 1 aromatic carbocycles. The van der Waals surface area contributed by atoms with Gasteiger partial charge in [0, 0.05) is 0 Å². The smallest absolute Gasteiger partial charge is 0.332 e. The van der Waals surface area contributed by atoms with Crippen LogP contribution in [0.1, 0.15) is 37.7 Å². The van der Waals surface area contributed by atoms with Crippen LogP contribution in [0.2, 0.25) is 0 Å². The molecule has 0 unspecified atom stereocenters. The summed E-state index contributed by atoms with van der Waals surface area (Å²) in [4.78, 5) is 10.6. The van der Waals surface area contributed by atoms with Gasteiger partial charge in [-0.3, -0.25) is 0 Å². The van der Waals surface area contributed by atoms with Gasteiger partial charge in [-0.25, -0.2) is 10.2 Å². The number of primary amides is 1. The average molecular weight is 313 g/mol. The summed E-state index contributed by atoms with van der Waals surface area (Å²) >= 11 is 0. The van der Waals surface area contributed by atoms with Crippen molar-refractivity contribution in [2.24, 2.45) is 34.5 Å². The zero-order valence-corrected chi connectivity index (χ0v) is 13.2. The fraction of sp³-hybridized carbons (Fsp3) is 0.556. The molecule has 4 bridgehead atoms. The minimum absolute atomic E-state index is 0.402. The van der Waals surface area contributed by atoms with Gasteiger partial charge in [-0.05, 0) is 85.6 Å². The molecule has 0 saturated heterocycles. The third-order valence-electron chi connectivity index (χ3n) is 5.68. The topological polar surface area (TPSA) is 76.7 Å². The number of hydrogen-bond acceptors (Lipinski definition) is 3. The van der Waals surface area contributed by atoms with Gasteiger partial charge in [0.15, 0.2) is 0 Å². The molecule has 23 heavy (non-hydrogen) atoms. The lowest BCUT2D eigenvalue weighted by molar-refractivity contribution is -0.0789. The summed E-state index contributed by atoms with van der Waals surface area (Å²) in [6.45, 7) is 0. The van der Waals surface area contributed by atoms with Crippen molar-refractivity contribution < 1.29 is 9.53 Å². The Morgan fingerprint density at radius 2 is 1.70 bits per heavy atom. The number of amides is 2. The molecule has 2 amide bonds. The van der Waals surface area contributed by atoms with E-state index >= 15 is 0 Å². The Kier molecular flexibility index (Phi) is 3.71. The summed E-state index contributed by atoms with van der Waals surface area (Å²) in [5.41, 5.74) is 8.04. The van der Waals surface area contributed by atoms with Crippen molar-refractivity contribution in [1.82, 2.24) is 5.43 Å². The third-order valence-corrected chi connectivity index (χ3v) is 5.68. The molecule has 0 aliphatic heterocycles. The highest BCUT2D eigenvalue weighted by Gasteiger charge is 2.49. The van der Waals surface area contributed by atoms with Crippen molar-refractivity contribution in [2.75, 3.05) is 0 Å². The van der Waals surface area contributed by atoms with E-state index in [-0.39, 0.29) is 0 Å². The molecule has 1 aromatic rings. The van der Waals surface area contributed by atoms with Gasteiger partial charge in [0.25, 0.3) is 0 Å². The van der Waals surface area contributed by atoms with Crippen molar-refractivity contribution in [1.29, 1.82) is 0 Å². The van der Waals surface area contributed by atoms with Crippen molar-refractivity contribution >= 4 is 12.2 Å². The first kappa shape index (κ1) is 14.5. The van der Waals surface area contributed by atoms with Crippen molar-refractivity contribution in [2.45, 2.75) is 38.2 Å². The number of rotatable bonds is 4. The maximum absolute atomic E-state index is 10.6. The monoisotopic (exact) mass is 313 g/mol. The van der Waals surface area contributed by atoms with Crippen LogP contribution >= 0.6 is 0 Å². The molecule has 0 spiro atoms. The van der Waals surface area contributed by atoms with Gasteiger partial charge in [0.05, 0.1) is 6.21 Å². The Labute approximate surface area is 136 Å². The van der Waals surface area contributed by atoms with E-state index in [9.17, 15) is 4.79 Å². The van der Waals surface area contributed by atoms with Gasteiger partial charge >= 0.3 is 6.03 Å². The first-order chi connectivity index (χ1) is 11.2. The molecule has 0 atom stereocenters. The fourth-order valence-electron chi connectivity index (χ4n) is 5.03. The van der Waals surface area contributed by atoms with Crippen LogP contribution in [0.5, 0.6) is 5.75 Å². The van der Waals surface area contributed by atoms with Crippen LogP contribution in [0.25, 0.3) is 0 Å². The Morgan fingerprint density at radius 3 is 2.26 bits per heavy atom. The standard InChI is InChI=1S/C18H23N3O2/c19-18(22)21-20-10-11-1-3-16(4-2-11)23-17-14-6-12-5-13(8-14)9-15(17)7-12/h1-4,10,12-15,17H,5-9H2,(H3,19,21,22). The zero-order chi connectivity index (χ0) is 15.8. The molecular weight excluding hydrogens is 290 g/mol. The molecule has 4 aliphatic carbocycles. The number of nitrogens with zero attached hydrogens (tertiary/aromatic N) is 1. The van der Waals surface area contributed by atoms with Crippen LogP contribution in [0.4, 0.5) is 4.79 Å². The maximum atomic E-state index is 10.6. The number of benzene rings is 1. The van der Waals surface area contributed by atoms with E-state index in [0.29, 0.717) is 6.10 Å². The quantitative estimate of drug-likeness (QED) is 0.662. The number of hydrazone groups is 1. The first-order valence-electron chi connectivity index (χ1n) is 8.52. The Balaban J connectivity index is 1.39. The second-order valence-electron chi connectivity index (χ2n) is 7.32. The zero-order valence-electron chi connectivity index (χ0n) is 13.2. The number of urea groups is 1. The highest BCUT2D eigenvalue weighted by atomic mass is 16.5. The molecule has 5 nitrogen and oxygen atoms in total. The van der Waals surface area contributed by atoms with Crippen LogP contribution in [0, 0.1) is 23.7 Å². The molecule has 4 saturated carbocycles. The lowest BCUT2D eigenvalue weighted by atomic mass is 9.55. The van der Waals surface area contributed by atoms with E-state index < -0.39 is 6.03 Å². The Bertz CT molecular complexity index is 583. The summed E-state index contributed by atoms with van der Waals surface area (Å²) in [7, 11) is 0. The molecule has 5 rings (SSSR count). The van der Waals surface area contributed by atoms with E-state index in [2.05, 4.69) is 10.5 Å². The van der Waals surface area contributed by atoms with Crippen LogP contribution < -0.4 is 15.9 Å². The minimum Gasteiger partial charge on any atom is -0.490 e. The van der Waals surface area contributed by atoms with Crippen LogP contribution in [0.3, 0.4) is 0 Å². The second kappa shape index (κ2) is 5.87. The number of ether oxygens (including phenoxy) is 1. The highest BCUT2D eigenvalue weighted by molar-refractivity contribution is 5.81. The largest absolute Gasteiger partial charge is 0.490 e. The van der Waals surface area contributed by atoms with E-state index in [1.807, 2.05) is 24.3 Å². The van der Waals surface area contributed by atoms with Gasteiger partial charge in [0.2, 0.25) is 0 Å². The molecule has 0 heterocycles. The SMILES string of the molecule is NC(=O)NN=Cc1ccc(OC2C3CC4CC(C3)CC2C4)cc1. The predicted octanol–water partition coefficient (Wildman–Crippen LogP) is 2.89. The second-order valence-corrected chi connectivity index (χ2v) is 7.32. The van der Waals surface area contributed by atoms with Gasteiger partial charge in [-0.15, -0.1) is 0 Å². The van der Waals surface area contributed by atoms with Crippen LogP contribution in [0.15, 0.2) is 29.4 Å². The lowest BCUT2D eigenvalue weighted by Crippen LogP contribution is -2.50. The molecular formula is C18H23N3O2. The fourth-order valence-corrected chi connectivity index (χ4v) is 5.03. The summed E-state index contributed by atoms with van der Waals surface area (Å²) < 4.78 is 6.35. The van der Waals surface area contributed by atoms with Crippen molar-refractivity contribution in [3.8, 4) is 5.75 Å². The number of hydrogen-bond donors (Lipinski definition) is 2. The molecule has 0 aromatic heterocycles. The number of nitrogens with two attached hydrogens (primary N) is 1. The first-order valence-corrected chi connectivity index (χ1v) is 8.52. The average Bonchev–Trinajstić information content (AvgIpc) is 2.51. The van der Waals surface area contributed by atoms with Crippen molar-refractivity contribution in [3.05, 3.63) is 29.8 Å². The molecule has 4 aliphatic rings. The predicted molar refractivity (Wildman–Crippen MR) is 88.2 cm³/mol. The van der Waals surface area contributed by atoms with Crippen LogP contribution in [-0.2, 0) is 0 Å². The molecule has 5 heteroatoms. The number of carbonyl (C=O) groups excluding carboxylic acids is 1. The lowest BCUT2D eigenvalue weighted by Gasteiger charge is -2.53. The van der Waals surface area contributed by atoms with Gasteiger partial charge < -0.3 is 10.5 Å². The van der Waals surface area contributed by atoms with Crippen molar-refractivity contribution in [3.63, 3.8) is 0 Å². The summed E-state index contributed by atoms with van der Waals surface area (Å²) in [6.07, 6.45) is 8.88.